The topological polar surface area (TPSA) is 38.7 Å². The number of aliphatic hydroxyl groups excluding tert-OH is 1. The van der Waals surface area contributed by atoms with Gasteiger partial charge in [0.05, 0.1) is 14.2 Å². The molecule has 3 nitrogen and oxygen atoms in total. The number of ether oxygens (including phenoxy) is 2. The molecule has 0 aliphatic carbocycles. The number of hydrogen-bond donors (Lipinski definition) is 1. The molecule has 0 aliphatic rings. The summed E-state index contributed by atoms with van der Waals surface area (Å²) in [5, 5.41) is 9.64. The molecule has 0 atom stereocenters. The molecule has 0 fully saturated rings. The van der Waals surface area contributed by atoms with Gasteiger partial charge >= 0.3 is 0 Å². The first-order valence-electron chi connectivity index (χ1n) is 7.12. The Bertz CT molecular complexity index is 516. The molecule has 0 bridgehead atoms. The quantitative estimate of drug-likeness (QED) is 0.850. The standard InChI is InChI=1S/C18H22O3/c1-20-17-7-3-5-14(11-17)9-16(13-19)10-15-6-4-8-18(12-15)21-2/h3-8,11-12,16,19H,9-10,13H2,1-2H3. The van der Waals surface area contributed by atoms with Gasteiger partial charge in [0.2, 0.25) is 0 Å². The Kier molecular flexibility index (Phi) is 5.64. The molecule has 21 heavy (non-hydrogen) atoms. The minimum atomic E-state index is 0.161. The Morgan fingerprint density at radius 2 is 1.33 bits per heavy atom. The molecule has 0 heterocycles. The zero-order valence-corrected chi connectivity index (χ0v) is 12.6. The fourth-order valence-corrected chi connectivity index (χ4v) is 2.47. The van der Waals surface area contributed by atoms with Crippen LogP contribution in [0.4, 0.5) is 0 Å². The summed E-state index contributed by atoms with van der Waals surface area (Å²) >= 11 is 0. The van der Waals surface area contributed by atoms with Crippen LogP contribution in [0.25, 0.3) is 0 Å². The number of methoxy groups -OCH3 is 2. The van der Waals surface area contributed by atoms with Crippen molar-refractivity contribution in [1.82, 2.24) is 0 Å². The number of aliphatic hydroxyl groups is 1. The monoisotopic (exact) mass is 286 g/mol. The van der Waals surface area contributed by atoms with E-state index in [9.17, 15) is 5.11 Å². The van der Waals surface area contributed by atoms with Gasteiger partial charge in [-0.3, -0.25) is 0 Å². The molecule has 3 heteroatoms. The Hall–Kier alpha value is -2.00. The molecule has 0 saturated heterocycles. The lowest BCUT2D eigenvalue weighted by atomic mass is 9.93. The Morgan fingerprint density at radius 1 is 0.857 bits per heavy atom. The van der Waals surface area contributed by atoms with Crippen molar-refractivity contribution < 1.29 is 14.6 Å². The van der Waals surface area contributed by atoms with Gasteiger partial charge in [-0.05, 0) is 54.2 Å². The normalized spacial score (nSPS) is 10.7. The molecule has 0 spiro atoms. The van der Waals surface area contributed by atoms with Crippen LogP contribution in [-0.2, 0) is 12.8 Å². The van der Waals surface area contributed by atoms with E-state index in [1.807, 2.05) is 36.4 Å². The van der Waals surface area contributed by atoms with E-state index in [0.29, 0.717) is 0 Å². The molecule has 0 aliphatic heterocycles. The molecule has 0 amide bonds. The van der Waals surface area contributed by atoms with Gasteiger partial charge in [0, 0.05) is 6.61 Å². The number of rotatable bonds is 7. The predicted octanol–water partition coefficient (Wildman–Crippen LogP) is 3.10. The third-order valence-corrected chi connectivity index (χ3v) is 3.58. The Morgan fingerprint density at radius 3 is 1.71 bits per heavy atom. The van der Waals surface area contributed by atoms with E-state index in [-0.39, 0.29) is 12.5 Å². The van der Waals surface area contributed by atoms with Crippen molar-refractivity contribution in [3.8, 4) is 11.5 Å². The van der Waals surface area contributed by atoms with Crippen molar-refractivity contribution in [1.29, 1.82) is 0 Å². The van der Waals surface area contributed by atoms with Crippen LogP contribution in [-0.4, -0.2) is 25.9 Å². The summed E-state index contributed by atoms with van der Waals surface area (Å²) in [4.78, 5) is 0. The van der Waals surface area contributed by atoms with Crippen molar-refractivity contribution in [3.05, 3.63) is 59.7 Å². The van der Waals surface area contributed by atoms with E-state index in [1.54, 1.807) is 14.2 Å². The summed E-state index contributed by atoms with van der Waals surface area (Å²) in [5.41, 5.74) is 2.35. The lowest BCUT2D eigenvalue weighted by molar-refractivity contribution is 0.225. The number of benzene rings is 2. The predicted molar refractivity (Wildman–Crippen MR) is 84.0 cm³/mol. The maximum absolute atomic E-state index is 9.64. The molecule has 2 aromatic carbocycles. The highest BCUT2D eigenvalue weighted by atomic mass is 16.5. The molecule has 0 unspecified atom stereocenters. The van der Waals surface area contributed by atoms with Gasteiger partial charge < -0.3 is 14.6 Å². The van der Waals surface area contributed by atoms with E-state index in [2.05, 4.69) is 12.1 Å². The molecule has 2 aromatic rings. The van der Waals surface area contributed by atoms with Crippen LogP contribution < -0.4 is 9.47 Å². The molecular formula is C18H22O3. The van der Waals surface area contributed by atoms with E-state index in [1.165, 1.54) is 11.1 Å². The van der Waals surface area contributed by atoms with Gasteiger partial charge in [0.15, 0.2) is 0 Å². The first kappa shape index (κ1) is 15.4. The molecule has 0 saturated carbocycles. The third kappa shape index (κ3) is 4.50. The summed E-state index contributed by atoms with van der Waals surface area (Å²) in [7, 11) is 3.33. The second kappa shape index (κ2) is 7.70. The Labute approximate surface area is 126 Å². The van der Waals surface area contributed by atoms with Gasteiger partial charge in [-0.25, -0.2) is 0 Å². The highest BCUT2D eigenvalue weighted by molar-refractivity contribution is 5.30. The van der Waals surface area contributed by atoms with Crippen LogP contribution in [0.5, 0.6) is 11.5 Å². The van der Waals surface area contributed by atoms with Crippen LogP contribution in [0.15, 0.2) is 48.5 Å². The van der Waals surface area contributed by atoms with Crippen molar-refractivity contribution in [2.75, 3.05) is 20.8 Å². The van der Waals surface area contributed by atoms with Gasteiger partial charge in [0.1, 0.15) is 11.5 Å². The summed E-state index contributed by atoms with van der Waals surface area (Å²) in [5.74, 6) is 1.89. The molecule has 1 N–H and O–H groups in total. The molecular weight excluding hydrogens is 264 g/mol. The van der Waals surface area contributed by atoms with Gasteiger partial charge in [-0.2, -0.15) is 0 Å². The minimum Gasteiger partial charge on any atom is -0.497 e. The molecule has 0 aromatic heterocycles. The lowest BCUT2D eigenvalue weighted by Crippen LogP contribution is -2.13. The second-order valence-electron chi connectivity index (χ2n) is 5.16. The zero-order valence-electron chi connectivity index (χ0n) is 12.6. The fraction of sp³-hybridized carbons (Fsp3) is 0.333. The summed E-state index contributed by atoms with van der Waals surface area (Å²) in [6.07, 6.45) is 1.65. The van der Waals surface area contributed by atoms with Gasteiger partial charge in [-0.1, -0.05) is 24.3 Å². The maximum atomic E-state index is 9.64. The van der Waals surface area contributed by atoms with E-state index >= 15 is 0 Å². The lowest BCUT2D eigenvalue weighted by Gasteiger charge is -2.15. The van der Waals surface area contributed by atoms with E-state index in [4.69, 9.17) is 9.47 Å². The minimum absolute atomic E-state index is 0.161. The maximum Gasteiger partial charge on any atom is 0.119 e. The number of hydrogen-bond acceptors (Lipinski definition) is 3. The van der Waals surface area contributed by atoms with Crippen molar-refractivity contribution in [3.63, 3.8) is 0 Å². The third-order valence-electron chi connectivity index (χ3n) is 3.58. The first-order valence-corrected chi connectivity index (χ1v) is 7.12. The molecule has 2 rings (SSSR count). The van der Waals surface area contributed by atoms with Crippen LogP contribution in [0, 0.1) is 5.92 Å². The zero-order chi connectivity index (χ0) is 15.1. The van der Waals surface area contributed by atoms with Crippen LogP contribution in [0.1, 0.15) is 11.1 Å². The first-order chi connectivity index (χ1) is 10.2. The van der Waals surface area contributed by atoms with Crippen molar-refractivity contribution in [2.45, 2.75) is 12.8 Å². The summed E-state index contributed by atoms with van der Waals surface area (Å²) in [6, 6.07) is 16.0. The molecule has 0 radical (unpaired) electrons. The van der Waals surface area contributed by atoms with Crippen molar-refractivity contribution in [2.24, 2.45) is 5.92 Å². The van der Waals surface area contributed by atoms with Gasteiger partial charge in [0.25, 0.3) is 0 Å². The Balaban J connectivity index is 2.05. The molecule has 112 valence electrons. The van der Waals surface area contributed by atoms with E-state index in [0.717, 1.165) is 24.3 Å². The van der Waals surface area contributed by atoms with Gasteiger partial charge in [-0.15, -0.1) is 0 Å². The SMILES string of the molecule is COc1cccc(CC(CO)Cc2cccc(OC)c2)c1. The second-order valence-corrected chi connectivity index (χ2v) is 5.16. The van der Waals surface area contributed by atoms with Crippen LogP contribution in [0.2, 0.25) is 0 Å². The summed E-state index contributed by atoms with van der Waals surface area (Å²) in [6.45, 7) is 0.161. The highest BCUT2D eigenvalue weighted by Gasteiger charge is 2.11. The largest absolute Gasteiger partial charge is 0.497 e. The highest BCUT2D eigenvalue weighted by Crippen LogP contribution is 2.20. The summed E-state index contributed by atoms with van der Waals surface area (Å²) < 4.78 is 10.5. The van der Waals surface area contributed by atoms with Crippen LogP contribution >= 0.6 is 0 Å². The van der Waals surface area contributed by atoms with E-state index < -0.39 is 0 Å². The fourth-order valence-electron chi connectivity index (χ4n) is 2.47. The smallest absolute Gasteiger partial charge is 0.119 e. The van der Waals surface area contributed by atoms with Crippen molar-refractivity contribution >= 4 is 0 Å². The average Bonchev–Trinajstić information content (AvgIpc) is 2.54. The van der Waals surface area contributed by atoms with Crippen LogP contribution in [0.3, 0.4) is 0 Å². The average molecular weight is 286 g/mol.